The fourth-order valence-electron chi connectivity index (χ4n) is 1.41. The number of sulfone groups is 1. The van der Waals surface area contributed by atoms with E-state index in [2.05, 4.69) is 10.3 Å². The first kappa shape index (κ1) is 15.8. The molecule has 0 bridgehead atoms. The molecule has 1 amide bonds. The minimum atomic E-state index is -3.63. The van der Waals surface area contributed by atoms with E-state index in [-0.39, 0.29) is 34.9 Å². The summed E-state index contributed by atoms with van der Waals surface area (Å²) in [6.07, 6.45) is 2.22. The zero-order chi connectivity index (χ0) is 15.3. The summed E-state index contributed by atoms with van der Waals surface area (Å²) in [7, 11) is -3.63. The van der Waals surface area contributed by atoms with E-state index in [9.17, 15) is 18.0 Å². The van der Waals surface area contributed by atoms with Crippen molar-refractivity contribution in [1.82, 2.24) is 10.3 Å². The number of aromatic nitrogens is 1. The first-order chi connectivity index (χ1) is 9.25. The van der Waals surface area contributed by atoms with Gasteiger partial charge in [-0.2, -0.15) is 5.26 Å². The number of pyridine rings is 1. The van der Waals surface area contributed by atoms with E-state index < -0.39 is 15.7 Å². The smallest absolute Gasteiger partial charge is 0.252 e. The van der Waals surface area contributed by atoms with Gasteiger partial charge in [0.25, 0.3) is 5.91 Å². The van der Waals surface area contributed by atoms with Gasteiger partial charge in [-0.25, -0.2) is 13.4 Å². The van der Waals surface area contributed by atoms with Gasteiger partial charge in [-0.3, -0.25) is 9.59 Å². The molecule has 0 aromatic carbocycles. The van der Waals surface area contributed by atoms with E-state index in [1.807, 2.05) is 0 Å². The van der Waals surface area contributed by atoms with Crippen molar-refractivity contribution in [3.8, 4) is 6.07 Å². The maximum Gasteiger partial charge on any atom is 0.252 e. The highest BCUT2D eigenvalue weighted by molar-refractivity contribution is 7.90. The fourth-order valence-corrected chi connectivity index (χ4v) is 2.15. The second kappa shape index (κ2) is 6.25. The molecule has 0 unspecified atom stereocenters. The number of nitrogens with one attached hydrogen (secondary N) is 1. The largest absolute Gasteiger partial charge is 0.352 e. The number of ketones is 1. The zero-order valence-electron chi connectivity index (χ0n) is 11.0. The minimum absolute atomic E-state index is 0.0615. The number of Topliss-reactive ketones (excluding diaryl/α,β-unsaturated/α-hetero) is 1. The Bertz CT molecular complexity index is 689. The van der Waals surface area contributed by atoms with Crippen LogP contribution < -0.4 is 5.32 Å². The number of carbonyl (C=O) groups excluding carboxylic acids is 2. The summed E-state index contributed by atoms with van der Waals surface area (Å²) in [6.45, 7) is 1.58. The molecule has 0 spiro atoms. The summed E-state index contributed by atoms with van der Waals surface area (Å²) in [6, 6.07) is 2.86. The predicted octanol–water partition coefficient (Wildman–Crippen LogP) is 0.0657. The lowest BCUT2D eigenvalue weighted by molar-refractivity contribution is -0.116. The number of carbonyl (C=O) groups is 2. The van der Waals surface area contributed by atoms with Crippen LogP contribution in [0.2, 0.25) is 0 Å². The molecule has 0 aliphatic carbocycles. The van der Waals surface area contributed by atoms with Crippen LogP contribution in [0.5, 0.6) is 0 Å². The average Bonchev–Trinajstić information content (AvgIpc) is 2.36. The van der Waals surface area contributed by atoms with Gasteiger partial charge < -0.3 is 5.32 Å². The predicted molar refractivity (Wildman–Crippen MR) is 69.7 cm³/mol. The van der Waals surface area contributed by atoms with E-state index in [1.165, 1.54) is 6.92 Å². The monoisotopic (exact) mass is 295 g/mol. The Hall–Kier alpha value is -2.27. The third kappa shape index (κ3) is 4.13. The van der Waals surface area contributed by atoms with Gasteiger partial charge in [0.05, 0.1) is 11.1 Å². The molecule has 0 radical (unpaired) electrons. The van der Waals surface area contributed by atoms with Crippen LogP contribution in [-0.4, -0.2) is 37.9 Å². The molecule has 8 heteroatoms. The molecule has 0 saturated carbocycles. The van der Waals surface area contributed by atoms with Crippen molar-refractivity contribution in [2.75, 3.05) is 12.8 Å². The van der Waals surface area contributed by atoms with Crippen LogP contribution in [0.4, 0.5) is 0 Å². The molecule has 1 N–H and O–H groups in total. The number of hydrogen-bond acceptors (Lipinski definition) is 6. The highest BCUT2D eigenvalue weighted by Crippen LogP contribution is 2.13. The Labute approximate surface area is 116 Å². The molecule has 1 aromatic heterocycles. The van der Waals surface area contributed by atoms with Crippen LogP contribution in [0.1, 0.15) is 29.3 Å². The van der Waals surface area contributed by atoms with Crippen LogP contribution in [-0.2, 0) is 14.6 Å². The molecule has 0 saturated heterocycles. The fraction of sp³-hybridized carbons (Fsp3) is 0.333. The van der Waals surface area contributed by atoms with Crippen LogP contribution in [0, 0.1) is 11.3 Å². The Kier molecular flexibility index (Phi) is 4.94. The van der Waals surface area contributed by atoms with Crippen molar-refractivity contribution < 1.29 is 18.0 Å². The van der Waals surface area contributed by atoms with E-state index in [0.717, 1.165) is 18.5 Å². The third-order valence-corrected chi connectivity index (χ3v) is 3.38. The van der Waals surface area contributed by atoms with Crippen molar-refractivity contribution >= 4 is 21.5 Å². The zero-order valence-corrected chi connectivity index (χ0v) is 11.8. The van der Waals surface area contributed by atoms with Gasteiger partial charge in [-0.15, -0.1) is 0 Å². The molecule has 0 atom stereocenters. The molecule has 106 valence electrons. The van der Waals surface area contributed by atoms with Gasteiger partial charge in [-0.05, 0) is 13.0 Å². The Balaban J connectivity index is 2.97. The second-order valence-corrected chi connectivity index (χ2v) is 6.10. The van der Waals surface area contributed by atoms with Crippen molar-refractivity contribution in [3.63, 3.8) is 0 Å². The van der Waals surface area contributed by atoms with Gasteiger partial charge >= 0.3 is 0 Å². The van der Waals surface area contributed by atoms with E-state index in [0.29, 0.717) is 0 Å². The van der Waals surface area contributed by atoms with Gasteiger partial charge in [0.1, 0.15) is 11.9 Å². The Morgan fingerprint density at radius 1 is 1.45 bits per heavy atom. The van der Waals surface area contributed by atoms with Gasteiger partial charge in [-0.1, -0.05) is 0 Å². The summed E-state index contributed by atoms with van der Waals surface area (Å²) in [4.78, 5) is 26.1. The first-order valence-corrected chi connectivity index (χ1v) is 7.52. The van der Waals surface area contributed by atoms with Crippen LogP contribution in [0.25, 0.3) is 0 Å². The first-order valence-electron chi connectivity index (χ1n) is 5.63. The average molecular weight is 295 g/mol. The second-order valence-electron chi connectivity index (χ2n) is 4.17. The van der Waals surface area contributed by atoms with Crippen LogP contribution in [0.15, 0.2) is 17.3 Å². The van der Waals surface area contributed by atoms with Gasteiger partial charge in [0.2, 0.25) is 0 Å². The van der Waals surface area contributed by atoms with E-state index >= 15 is 0 Å². The molecule has 1 rings (SSSR count). The molecule has 1 heterocycles. The number of rotatable bonds is 5. The topological polar surface area (TPSA) is 117 Å². The summed E-state index contributed by atoms with van der Waals surface area (Å²) in [5.41, 5.74) is -0.121. The molecular formula is C12H13N3O4S. The lowest BCUT2D eigenvalue weighted by atomic mass is 10.2. The maximum atomic E-state index is 11.7. The third-order valence-electron chi connectivity index (χ3n) is 2.35. The summed E-state index contributed by atoms with van der Waals surface area (Å²) in [5.74, 6) is -0.580. The number of nitrogens with zero attached hydrogens (tertiary/aromatic N) is 2. The van der Waals surface area contributed by atoms with Crippen molar-refractivity contribution in [2.45, 2.75) is 18.4 Å². The summed E-state index contributed by atoms with van der Waals surface area (Å²) >= 11 is 0. The normalized spacial score (nSPS) is 10.7. The number of hydrogen-bond donors (Lipinski definition) is 1. The summed E-state index contributed by atoms with van der Waals surface area (Å²) < 4.78 is 22.8. The lowest BCUT2D eigenvalue weighted by Crippen LogP contribution is -2.26. The SMILES string of the molecule is CC(=O)CCNC(=O)c1cnc(S(C)(=O)=O)c(C#N)c1. The number of nitriles is 1. The standard InChI is InChI=1S/C12H13N3O4S/c1-8(16)3-4-14-11(17)10-5-9(6-13)12(15-7-10)20(2,18)19/h5,7H,3-4H2,1-2H3,(H,14,17). The Morgan fingerprint density at radius 2 is 2.10 bits per heavy atom. The molecule has 7 nitrogen and oxygen atoms in total. The highest BCUT2D eigenvalue weighted by atomic mass is 32.2. The van der Waals surface area contributed by atoms with E-state index in [4.69, 9.17) is 5.26 Å². The molecule has 20 heavy (non-hydrogen) atoms. The molecule has 1 aromatic rings. The quantitative estimate of drug-likeness (QED) is 0.821. The van der Waals surface area contributed by atoms with Crippen LogP contribution >= 0.6 is 0 Å². The molecule has 0 aliphatic rings. The lowest BCUT2D eigenvalue weighted by Gasteiger charge is -2.05. The highest BCUT2D eigenvalue weighted by Gasteiger charge is 2.17. The van der Waals surface area contributed by atoms with Gasteiger partial charge in [0, 0.05) is 25.4 Å². The molecule has 0 fully saturated rings. The van der Waals surface area contributed by atoms with Crippen molar-refractivity contribution in [3.05, 3.63) is 23.4 Å². The summed E-state index contributed by atoms with van der Waals surface area (Å²) in [5, 5.41) is 11.0. The maximum absolute atomic E-state index is 11.7. The van der Waals surface area contributed by atoms with Crippen LogP contribution in [0.3, 0.4) is 0 Å². The number of amides is 1. The minimum Gasteiger partial charge on any atom is -0.352 e. The van der Waals surface area contributed by atoms with Gasteiger partial charge in [0.15, 0.2) is 14.9 Å². The van der Waals surface area contributed by atoms with E-state index in [1.54, 1.807) is 6.07 Å². The Morgan fingerprint density at radius 3 is 2.60 bits per heavy atom. The van der Waals surface area contributed by atoms with Crippen molar-refractivity contribution in [1.29, 1.82) is 5.26 Å². The molecule has 0 aliphatic heterocycles. The van der Waals surface area contributed by atoms with Crippen molar-refractivity contribution in [2.24, 2.45) is 0 Å². The molecular weight excluding hydrogens is 282 g/mol.